The number of hydrogen-bond donors (Lipinski definition) is 1. The first-order chi connectivity index (χ1) is 13.1. The number of nitrogens with zero attached hydrogens (tertiary/aromatic N) is 4. The summed E-state index contributed by atoms with van der Waals surface area (Å²) in [6, 6.07) is 8.28. The number of methoxy groups -OCH3 is 1. The number of carbonyl (C=O) groups excluding carboxylic acids is 2. The SMILES string of the molecule is COC(=O)C1=C(C(=O)c2cccs2)[C@H](c2ccccc2F)n2nnnc2N1. The number of halogens is 1. The largest absolute Gasteiger partial charge is 0.464 e. The zero-order valence-corrected chi connectivity index (χ0v) is 14.7. The Morgan fingerprint density at radius 3 is 2.78 bits per heavy atom. The summed E-state index contributed by atoms with van der Waals surface area (Å²) in [5.74, 6) is -1.66. The molecule has 0 spiro atoms. The van der Waals surface area contributed by atoms with Gasteiger partial charge in [-0.15, -0.1) is 11.3 Å². The minimum absolute atomic E-state index is 0.00852. The summed E-state index contributed by atoms with van der Waals surface area (Å²) < 4.78 is 20.7. The van der Waals surface area contributed by atoms with E-state index < -0.39 is 23.6 Å². The molecule has 1 aliphatic rings. The normalized spacial score (nSPS) is 15.9. The van der Waals surface area contributed by atoms with E-state index in [1.54, 1.807) is 23.6 Å². The summed E-state index contributed by atoms with van der Waals surface area (Å²) in [4.78, 5) is 26.0. The molecule has 1 aromatic carbocycles. The van der Waals surface area contributed by atoms with E-state index in [0.717, 1.165) is 0 Å². The van der Waals surface area contributed by atoms with Crippen LogP contribution in [0.2, 0.25) is 0 Å². The molecule has 1 N–H and O–H groups in total. The number of Topliss-reactive ketones (excluding diaryl/α,β-unsaturated/α-hetero) is 1. The van der Waals surface area contributed by atoms with E-state index in [4.69, 9.17) is 4.74 Å². The number of anilines is 1. The highest BCUT2D eigenvalue weighted by Crippen LogP contribution is 2.38. The molecule has 0 saturated heterocycles. The van der Waals surface area contributed by atoms with Crippen LogP contribution in [-0.2, 0) is 9.53 Å². The lowest BCUT2D eigenvalue weighted by Crippen LogP contribution is -2.33. The van der Waals surface area contributed by atoms with Crippen molar-refractivity contribution < 1.29 is 18.7 Å². The van der Waals surface area contributed by atoms with E-state index in [9.17, 15) is 14.0 Å². The number of thiophene rings is 1. The number of aromatic nitrogens is 4. The van der Waals surface area contributed by atoms with Crippen LogP contribution in [0.1, 0.15) is 21.3 Å². The molecule has 3 aromatic rings. The Hall–Kier alpha value is -3.40. The summed E-state index contributed by atoms with van der Waals surface area (Å²) >= 11 is 1.21. The second kappa shape index (κ2) is 6.72. The Kier molecular flexibility index (Phi) is 4.24. The molecule has 1 aliphatic heterocycles. The average molecular weight is 385 g/mol. The molecule has 1 atom stereocenters. The monoisotopic (exact) mass is 385 g/mol. The average Bonchev–Trinajstić information content (AvgIpc) is 3.37. The number of rotatable bonds is 4. The lowest BCUT2D eigenvalue weighted by atomic mass is 9.91. The van der Waals surface area contributed by atoms with E-state index in [1.165, 1.54) is 41.3 Å². The van der Waals surface area contributed by atoms with Crippen LogP contribution in [-0.4, -0.2) is 39.1 Å². The fourth-order valence-corrected chi connectivity index (χ4v) is 3.59. The molecule has 2 aromatic heterocycles. The van der Waals surface area contributed by atoms with Gasteiger partial charge in [-0.3, -0.25) is 4.79 Å². The topological polar surface area (TPSA) is 99.0 Å². The quantitative estimate of drug-likeness (QED) is 0.543. The van der Waals surface area contributed by atoms with E-state index in [2.05, 4.69) is 20.8 Å². The third kappa shape index (κ3) is 2.79. The van der Waals surface area contributed by atoms with Gasteiger partial charge < -0.3 is 10.1 Å². The van der Waals surface area contributed by atoms with E-state index in [-0.39, 0.29) is 22.8 Å². The van der Waals surface area contributed by atoms with Crippen molar-refractivity contribution in [3.8, 4) is 0 Å². The van der Waals surface area contributed by atoms with Crippen molar-refractivity contribution in [3.63, 3.8) is 0 Å². The van der Waals surface area contributed by atoms with Crippen molar-refractivity contribution in [2.45, 2.75) is 6.04 Å². The molecule has 3 heterocycles. The van der Waals surface area contributed by atoms with Crippen LogP contribution in [0.25, 0.3) is 0 Å². The summed E-state index contributed by atoms with van der Waals surface area (Å²) in [5, 5.41) is 15.7. The number of nitrogens with one attached hydrogen (secondary N) is 1. The number of benzene rings is 1. The number of ketones is 1. The highest BCUT2D eigenvalue weighted by atomic mass is 32.1. The smallest absolute Gasteiger partial charge is 0.355 e. The van der Waals surface area contributed by atoms with Crippen LogP contribution in [0.3, 0.4) is 0 Å². The summed E-state index contributed by atoms with van der Waals surface area (Å²) in [6.07, 6.45) is 0. The Bertz CT molecular complexity index is 1060. The first kappa shape index (κ1) is 17.0. The number of fused-ring (bicyclic) bond motifs is 1. The second-order valence-corrected chi connectivity index (χ2v) is 6.53. The van der Waals surface area contributed by atoms with Crippen molar-refractivity contribution in [2.75, 3.05) is 12.4 Å². The van der Waals surface area contributed by atoms with Gasteiger partial charge in [0.15, 0.2) is 0 Å². The molecule has 0 bridgehead atoms. The molecular formula is C17H12FN5O3S. The molecule has 0 fully saturated rings. The third-order valence-electron chi connectivity index (χ3n) is 4.10. The van der Waals surface area contributed by atoms with Gasteiger partial charge in [-0.05, 0) is 27.9 Å². The van der Waals surface area contributed by atoms with Crippen molar-refractivity contribution in [3.05, 3.63) is 69.3 Å². The second-order valence-electron chi connectivity index (χ2n) is 5.58. The number of esters is 1. The fourth-order valence-electron chi connectivity index (χ4n) is 2.91. The van der Waals surface area contributed by atoms with Crippen molar-refractivity contribution >= 4 is 29.0 Å². The Morgan fingerprint density at radius 2 is 2.07 bits per heavy atom. The maximum atomic E-state index is 14.6. The Morgan fingerprint density at radius 1 is 1.26 bits per heavy atom. The van der Waals surface area contributed by atoms with Gasteiger partial charge in [0, 0.05) is 5.56 Å². The molecule has 0 amide bonds. The van der Waals surface area contributed by atoms with E-state index >= 15 is 0 Å². The zero-order valence-electron chi connectivity index (χ0n) is 13.9. The van der Waals surface area contributed by atoms with Gasteiger partial charge in [0.05, 0.1) is 17.6 Å². The fraction of sp³-hybridized carbons (Fsp3) is 0.118. The van der Waals surface area contributed by atoms with Crippen LogP contribution < -0.4 is 5.32 Å². The number of ether oxygens (including phenoxy) is 1. The van der Waals surface area contributed by atoms with Gasteiger partial charge in [-0.1, -0.05) is 29.4 Å². The summed E-state index contributed by atoms with van der Waals surface area (Å²) in [7, 11) is 1.19. The van der Waals surface area contributed by atoms with Crippen LogP contribution in [0.4, 0.5) is 10.3 Å². The molecule has 8 nitrogen and oxygen atoms in total. The number of tetrazole rings is 1. The number of hydrogen-bond acceptors (Lipinski definition) is 8. The third-order valence-corrected chi connectivity index (χ3v) is 4.96. The molecule has 0 unspecified atom stereocenters. The molecule has 0 radical (unpaired) electrons. The predicted molar refractivity (Wildman–Crippen MR) is 93.7 cm³/mol. The van der Waals surface area contributed by atoms with Crippen LogP contribution in [0, 0.1) is 5.82 Å². The van der Waals surface area contributed by atoms with Gasteiger partial charge in [0.1, 0.15) is 17.6 Å². The van der Waals surface area contributed by atoms with Gasteiger partial charge in [0.2, 0.25) is 11.7 Å². The number of allylic oxidation sites excluding steroid dienone is 1. The van der Waals surface area contributed by atoms with Gasteiger partial charge in [-0.25, -0.2) is 9.18 Å². The lowest BCUT2D eigenvalue weighted by molar-refractivity contribution is -0.136. The maximum absolute atomic E-state index is 14.6. The van der Waals surface area contributed by atoms with Crippen molar-refractivity contribution in [1.29, 1.82) is 0 Å². The van der Waals surface area contributed by atoms with Crippen molar-refractivity contribution in [2.24, 2.45) is 0 Å². The highest BCUT2D eigenvalue weighted by Gasteiger charge is 2.39. The first-order valence-corrected chi connectivity index (χ1v) is 8.69. The Labute approximate surface area is 156 Å². The standard InChI is InChI=1S/C17H12FN5O3S/c1-26-16(25)13-12(15(24)11-7-4-8-27-11)14(9-5-2-3-6-10(9)18)23-17(19-13)20-21-22-23/h2-8,14H,1H3,(H,19,20,22)/t14-/m0/s1. The predicted octanol–water partition coefficient (Wildman–Crippen LogP) is 2.20. The molecule has 136 valence electrons. The molecule has 0 saturated carbocycles. The van der Waals surface area contributed by atoms with Gasteiger partial charge in [-0.2, -0.15) is 4.68 Å². The van der Waals surface area contributed by atoms with Crippen LogP contribution >= 0.6 is 11.3 Å². The van der Waals surface area contributed by atoms with Gasteiger partial charge in [0.25, 0.3) is 0 Å². The van der Waals surface area contributed by atoms with Crippen LogP contribution in [0.15, 0.2) is 53.0 Å². The number of carbonyl (C=O) groups is 2. The minimum atomic E-state index is -1.03. The summed E-state index contributed by atoms with van der Waals surface area (Å²) in [6.45, 7) is 0. The minimum Gasteiger partial charge on any atom is -0.464 e. The highest BCUT2D eigenvalue weighted by molar-refractivity contribution is 7.12. The molecule has 0 aliphatic carbocycles. The maximum Gasteiger partial charge on any atom is 0.355 e. The summed E-state index contributed by atoms with van der Waals surface area (Å²) in [5.41, 5.74) is 0.0505. The van der Waals surface area contributed by atoms with E-state index in [1.807, 2.05) is 0 Å². The van der Waals surface area contributed by atoms with Gasteiger partial charge >= 0.3 is 5.97 Å². The molecule has 10 heteroatoms. The Balaban J connectivity index is 1.99. The molecule has 4 rings (SSSR count). The molecule has 27 heavy (non-hydrogen) atoms. The van der Waals surface area contributed by atoms with E-state index in [0.29, 0.717) is 4.88 Å². The first-order valence-electron chi connectivity index (χ1n) is 7.81. The molecular weight excluding hydrogens is 373 g/mol. The van der Waals surface area contributed by atoms with Crippen LogP contribution in [0.5, 0.6) is 0 Å². The lowest BCUT2D eigenvalue weighted by Gasteiger charge is -2.28. The zero-order chi connectivity index (χ0) is 19.0. The van der Waals surface area contributed by atoms with Crippen molar-refractivity contribution in [1.82, 2.24) is 20.2 Å².